The summed E-state index contributed by atoms with van der Waals surface area (Å²) in [6.07, 6.45) is 2.48. The maximum atomic E-state index is 14.0. The number of likely N-dealkylation sites (N-methyl/N-ethyl adjacent to an activating group) is 1. The Hall–Kier alpha value is -3.12. The summed E-state index contributed by atoms with van der Waals surface area (Å²) in [4.78, 5) is 19.6. The summed E-state index contributed by atoms with van der Waals surface area (Å²) in [5, 5.41) is 4.70. The van der Waals surface area contributed by atoms with Gasteiger partial charge in [-0.15, -0.1) is 24.8 Å². The maximum absolute atomic E-state index is 14.0. The van der Waals surface area contributed by atoms with Crippen molar-refractivity contribution in [2.24, 2.45) is 10.9 Å². The van der Waals surface area contributed by atoms with Gasteiger partial charge in [-0.2, -0.15) is 9.41 Å². The number of pyridine rings is 1. The topological polar surface area (TPSA) is 118 Å². The Morgan fingerprint density at radius 3 is 2.54 bits per heavy atom. The first kappa shape index (κ1) is 37.3. The Morgan fingerprint density at radius 1 is 1.13 bits per heavy atom. The Kier molecular flexibility index (Phi) is 12.7. The predicted molar refractivity (Wildman–Crippen MR) is 188 cm³/mol. The van der Waals surface area contributed by atoms with Gasteiger partial charge in [-0.25, -0.2) is 13.4 Å². The van der Waals surface area contributed by atoms with Crippen molar-refractivity contribution in [2.75, 3.05) is 13.6 Å². The number of para-hydroxylation sites is 1. The molecular weight excluding hydrogens is 692 g/mol. The molecule has 1 atom stereocenters. The number of amides is 1. The fraction of sp³-hybridized carbons (Fsp3) is 0.281. The van der Waals surface area contributed by atoms with Crippen molar-refractivity contribution in [3.63, 3.8) is 0 Å². The second kappa shape index (κ2) is 15.6. The molecule has 0 unspecified atom stereocenters. The van der Waals surface area contributed by atoms with Gasteiger partial charge in [0.25, 0.3) is 0 Å². The van der Waals surface area contributed by atoms with E-state index in [9.17, 15) is 13.2 Å². The van der Waals surface area contributed by atoms with Crippen LogP contribution in [0.5, 0.6) is 5.75 Å². The molecule has 1 fully saturated rings. The van der Waals surface area contributed by atoms with Gasteiger partial charge < -0.3 is 15.5 Å². The van der Waals surface area contributed by atoms with Crippen LogP contribution in [0.4, 0.5) is 0 Å². The SMILES string of the molecule is Cc1cc(C)c2cccc(OCc3c(Cl)ccc(S(=O)(=O)N4CCC[C@H]4C(=O)N(C)Cc4ccc(C=NN)cc4)c3Cl)c2n1.Cl.Cl. The number of sulfonamides is 1. The first-order valence-electron chi connectivity index (χ1n) is 14.1. The van der Waals surface area contributed by atoms with Crippen molar-refractivity contribution >= 4 is 81.1 Å². The van der Waals surface area contributed by atoms with Gasteiger partial charge in [-0.3, -0.25) is 4.79 Å². The predicted octanol–water partition coefficient (Wildman–Crippen LogP) is 6.69. The molecule has 1 amide bonds. The van der Waals surface area contributed by atoms with E-state index < -0.39 is 16.1 Å². The lowest BCUT2D eigenvalue weighted by Gasteiger charge is -2.28. The third kappa shape index (κ3) is 7.70. The number of hydrogen-bond donors (Lipinski definition) is 1. The maximum Gasteiger partial charge on any atom is 0.245 e. The van der Waals surface area contributed by atoms with E-state index in [4.69, 9.17) is 33.8 Å². The summed E-state index contributed by atoms with van der Waals surface area (Å²) < 4.78 is 35.4. The Labute approximate surface area is 291 Å². The van der Waals surface area contributed by atoms with E-state index in [1.807, 2.05) is 56.3 Å². The lowest BCUT2D eigenvalue weighted by Crippen LogP contribution is -2.46. The number of carbonyl (C=O) groups excluding carboxylic acids is 1. The number of carbonyl (C=O) groups is 1. The number of nitrogens with zero attached hydrogens (tertiary/aromatic N) is 4. The number of nitrogens with two attached hydrogens (primary N) is 1. The fourth-order valence-electron chi connectivity index (χ4n) is 5.53. The molecule has 0 saturated carbocycles. The summed E-state index contributed by atoms with van der Waals surface area (Å²) in [7, 11) is -2.49. The molecule has 1 aliphatic heterocycles. The first-order chi connectivity index (χ1) is 21.0. The molecule has 46 heavy (non-hydrogen) atoms. The minimum Gasteiger partial charge on any atom is -0.487 e. The summed E-state index contributed by atoms with van der Waals surface area (Å²) in [6.45, 7) is 4.36. The lowest BCUT2D eigenvalue weighted by molar-refractivity contribution is -0.133. The number of hydrazone groups is 1. The summed E-state index contributed by atoms with van der Waals surface area (Å²) in [5.41, 5.74) is 4.67. The highest BCUT2D eigenvalue weighted by Crippen LogP contribution is 2.37. The molecule has 1 aliphatic rings. The Balaban J connectivity index is 0.00000288. The molecule has 9 nitrogen and oxygen atoms in total. The van der Waals surface area contributed by atoms with E-state index in [0.717, 1.165) is 27.8 Å². The van der Waals surface area contributed by atoms with Crippen molar-refractivity contribution in [1.29, 1.82) is 0 Å². The molecule has 2 heterocycles. The first-order valence-corrected chi connectivity index (χ1v) is 16.3. The number of rotatable bonds is 9. The molecular formula is C32H35Cl4N5O4S. The summed E-state index contributed by atoms with van der Waals surface area (Å²) in [5.74, 6) is 5.45. The smallest absolute Gasteiger partial charge is 0.245 e. The molecule has 14 heteroatoms. The second-order valence-electron chi connectivity index (χ2n) is 10.8. The van der Waals surface area contributed by atoms with Crippen LogP contribution in [0.25, 0.3) is 10.9 Å². The van der Waals surface area contributed by atoms with Gasteiger partial charge in [-0.1, -0.05) is 59.6 Å². The lowest BCUT2D eigenvalue weighted by atomic mass is 10.1. The highest BCUT2D eigenvalue weighted by molar-refractivity contribution is 7.89. The van der Waals surface area contributed by atoms with Gasteiger partial charge in [0.2, 0.25) is 15.9 Å². The molecule has 2 N–H and O–H groups in total. The van der Waals surface area contributed by atoms with Crippen molar-refractivity contribution in [3.8, 4) is 5.75 Å². The molecule has 0 bridgehead atoms. The van der Waals surface area contributed by atoms with Gasteiger partial charge in [0.1, 0.15) is 28.8 Å². The molecule has 246 valence electrons. The molecule has 3 aromatic carbocycles. The minimum atomic E-state index is -4.15. The zero-order valence-electron chi connectivity index (χ0n) is 25.4. The molecule has 1 saturated heterocycles. The van der Waals surface area contributed by atoms with Gasteiger partial charge in [0.15, 0.2) is 0 Å². The van der Waals surface area contributed by atoms with Crippen LogP contribution in [0.2, 0.25) is 10.0 Å². The second-order valence-corrected chi connectivity index (χ2v) is 13.5. The van der Waals surface area contributed by atoms with Gasteiger partial charge in [0.05, 0.1) is 11.2 Å². The van der Waals surface area contributed by atoms with Gasteiger partial charge in [-0.05, 0) is 67.6 Å². The third-order valence-corrected chi connectivity index (χ3v) is 10.6. The van der Waals surface area contributed by atoms with Crippen molar-refractivity contribution in [2.45, 2.75) is 50.8 Å². The molecule has 0 spiro atoms. The van der Waals surface area contributed by atoms with Crippen LogP contribution in [-0.4, -0.2) is 54.4 Å². The number of benzene rings is 3. The zero-order chi connectivity index (χ0) is 31.6. The number of hydrogen-bond acceptors (Lipinski definition) is 7. The van der Waals surface area contributed by atoms with Crippen LogP contribution in [0.1, 0.15) is 40.8 Å². The average molecular weight is 728 g/mol. The fourth-order valence-corrected chi connectivity index (χ4v) is 8.05. The zero-order valence-corrected chi connectivity index (χ0v) is 29.4. The van der Waals surface area contributed by atoms with Crippen molar-refractivity contribution in [3.05, 3.63) is 98.7 Å². The van der Waals surface area contributed by atoms with Crippen LogP contribution >= 0.6 is 48.0 Å². The quantitative estimate of drug-likeness (QED) is 0.117. The van der Waals surface area contributed by atoms with Crippen LogP contribution in [0.15, 0.2) is 70.7 Å². The third-order valence-electron chi connectivity index (χ3n) is 7.73. The average Bonchev–Trinajstić information content (AvgIpc) is 3.49. The van der Waals surface area contributed by atoms with E-state index in [2.05, 4.69) is 10.1 Å². The van der Waals surface area contributed by atoms with Crippen LogP contribution < -0.4 is 10.6 Å². The molecule has 4 aromatic rings. The standard InChI is InChI=1S/C32H33Cl2N5O4S.2ClH/c1-20-16-21(2)37-31-24(20)6-4-8-28(31)43-19-25-26(33)13-14-29(30(25)34)44(41,42)39-15-5-7-27(39)32(40)38(3)18-23-11-9-22(10-12-23)17-36-35;;/h4,6,8-14,16-17,27H,5,7,15,18-19,35H2,1-3H3;2*1H/t27-;;/m0../s1. The monoisotopic (exact) mass is 725 g/mol. The number of fused-ring (bicyclic) bond motifs is 1. The number of aromatic nitrogens is 1. The van der Waals surface area contributed by atoms with Gasteiger partial charge in [0, 0.05) is 41.8 Å². The van der Waals surface area contributed by atoms with Crippen molar-refractivity contribution < 1.29 is 17.9 Å². The van der Waals surface area contributed by atoms with Gasteiger partial charge >= 0.3 is 0 Å². The number of halogens is 4. The van der Waals surface area contributed by atoms with E-state index in [1.54, 1.807) is 13.1 Å². The number of ether oxygens (including phenoxy) is 1. The summed E-state index contributed by atoms with van der Waals surface area (Å²) >= 11 is 13.3. The van der Waals surface area contributed by atoms with Crippen molar-refractivity contribution in [1.82, 2.24) is 14.2 Å². The summed E-state index contributed by atoms with van der Waals surface area (Å²) in [6, 6.07) is 17.1. The van der Waals surface area contributed by atoms with Crippen LogP contribution in [-0.2, 0) is 28.0 Å². The Morgan fingerprint density at radius 2 is 1.85 bits per heavy atom. The van der Waals surface area contributed by atoms with Crippen LogP contribution in [0, 0.1) is 13.8 Å². The molecule has 5 rings (SSSR count). The number of aryl methyl sites for hydroxylation is 2. The molecule has 1 aromatic heterocycles. The highest BCUT2D eigenvalue weighted by Gasteiger charge is 2.41. The van der Waals surface area contributed by atoms with E-state index in [-0.39, 0.29) is 58.8 Å². The molecule has 0 radical (unpaired) electrons. The highest BCUT2D eigenvalue weighted by atomic mass is 35.5. The van der Waals surface area contributed by atoms with E-state index in [1.165, 1.54) is 27.6 Å². The van der Waals surface area contributed by atoms with Crippen LogP contribution in [0.3, 0.4) is 0 Å². The Bertz CT molecular complexity index is 1860. The van der Waals surface area contributed by atoms with E-state index >= 15 is 0 Å². The normalized spacial score (nSPS) is 15.0. The van der Waals surface area contributed by atoms with E-state index in [0.29, 0.717) is 36.2 Å². The largest absolute Gasteiger partial charge is 0.487 e. The minimum absolute atomic E-state index is 0. The molecule has 0 aliphatic carbocycles.